The average Bonchev–Trinajstić information content (AvgIpc) is 3.22. The van der Waals surface area contributed by atoms with Crippen molar-refractivity contribution < 1.29 is 34.4 Å². The zero-order valence-corrected chi connectivity index (χ0v) is 38.6. The van der Waals surface area contributed by atoms with Crippen molar-refractivity contribution in [3.8, 4) is 0 Å². The molecular formula is C48H94N4O7. The van der Waals surface area contributed by atoms with E-state index in [1.807, 2.05) is 0 Å². The molecule has 11 nitrogen and oxygen atoms in total. The minimum absolute atomic E-state index is 0.136. The van der Waals surface area contributed by atoms with Gasteiger partial charge in [0.15, 0.2) is 6.23 Å². The molecule has 0 saturated carbocycles. The summed E-state index contributed by atoms with van der Waals surface area (Å²) in [6.45, 7) is 7.35. The van der Waals surface area contributed by atoms with Gasteiger partial charge in [0.05, 0.1) is 12.6 Å². The first-order chi connectivity index (χ1) is 28.6. The Morgan fingerprint density at radius 2 is 0.949 bits per heavy atom. The maximum absolute atomic E-state index is 14.0. The highest BCUT2D eigenvalue weighted by Gasteiger charge is 2.48. The van der Waals surface area contributed by atoms with Crippen LogP contribution in [-0.4, -0.2) is 93.8 Å². The van der Waals surface area contributed by atoms with Crippen LogP contribution in [0, 0.1) is 0 Å². The second-order valence-corrected chi connectivity index (χ2v) is 17.9. The van der Waals surface area contributed by atoms with Crippen molar-refractivity contribution in [2.45, 2.75) is 276 Å². The van der Waals surface area contributed by atoms with Crippen molar-refractivity contribution in [3.63, 3.8) is 0 Å². The first-order valence-electron chi connectivity index (χ1n) is 24.9. The number of ether oxygens (including phenoxy) is 1. The molecule has 59 heavy (non-hydrogen) atoms. The summed E-state index contributed by atoms with van der Waals surface area (Å²) in [6.07, 6.45) is 33.4. The van der Waals surface area contributed by atoms with Gasteiger partial charge in [-0.3, -0.25) is 14.4 Å². The third-order valence-electron chi connectivity index (χ3n) is 12.2. The van der Waals surface area contributed by atoms with Crippen molar-refractivity contribution in [3.05, 3.63) is 0 Å². The minimum Gasteiger partial charge on any atom is -0.394 e. The van der Waals surface area contributed by atoms with Crippen LogP contribution < -0.4 is 16.4 Å². The van der Waals surface area contributed by atoms with Gasteiger partial charge in [-0.05, 0) is 26.7 Å². The molecule has 0 spiro atoms. The molecule has 7 N–H and O–H groups in total. The number of carbonyl (C=O) groups is 3. The predicted octanol–water partition coefficient (Wildman–Crippen LogP) is 9.11. The highest BCUT2D eigenvalue weighted by atomic mass is 16.5. The maximum atomic E-state index is 14.0. The van der Waals surface area contributed by atoms with E-state index in [9.17, 15) is 29.7 Å². The average molecular weight is 839 g/mol. The molecule has 0 radical (unpaired) electrons. The van der Waals surface area contributed by atoms with Crippen molar-refractivity contribution in [1.82, 2.24) is 15.5 Å². The van der Waals surface area contributed by atoms with Gasteiger partial charge in [0.25, 0.3) is 0 Å². The third-order valence-corrected chi connectivity index (χ3v) is 12.2. The second-order valence-electron chi connectivity index (χ2n) is 17.9. The lowest BCUT2D eigenvalue weighted by Crippen LogP contribution is -2.69. The number of rotatable bonds is 39. The van der Waals surface area contributed by atoms with Crippen LogP contribution >= 0.6 is 0 Å². The number of amides is 3. The van der Waals surface area contributed by atoms with Crippen LogP contribution in [0.15, 0.2) is 0 Å². The van der Waals surface area contributed by atoms with Crippen LogP contribution in [-0.2, 0) is 19.1 Å². The van der Waals surface area contributed by atoms with Gasteiger partial charge >= 0.3 is 0 Å². The number of aliphatic hydroxyl groups is 3. The number of hydrogen-bond donors (Lipinski definition) is 6. The molecule has 3 amide bonds. The van der Waals surface area contributed by atoms with Crippen molar-refractivity contribution in [2.75, 3.05) is 13.2 Å². The highest BCUT2D eigenvalue weighted by molar-refractivity contribution is 5.89. The molecule has 0 aromatic carbocycles. The van der Waals surface area contributed by atoms with Crippen molar-refractivity contribution in [2.24, 2.45) is 5.73 Å². The molecular weight excluding hydrogens is 745 g/mol. The normalized spacial score (nSPS) is 20.3. The number of carbonyl (C=O) groups excluding carboxylic acids is 3. The summed E-state index contributed by atoms with van der Waals surface area (Å²) in [6, 6.07) is -2.99. The van der Waals surface area contributed by atoms with Gasteiger partial charge in [-0.15, -0.1) is 0 Å². The Morgan fingerprint density at radius 3 is 1.32 bits per heavy atom. The molecule has 0 aliphatic carbocycles. The lowest BCUT2D eigenvalue weighted by atomic mass is 9.94. The van der Waals surface area contributed by atoms with Crippen LogP contribution in [0.25, 0.3) is 0 Å². The Morgan fingerprint density at radius 1 is 0.576 bits per heavy atom. The number of nitrogens with zero attached hydrogens (tertiary/aromatic N) is 1. The van der Waals surface area contributed by atoms with Crippen molar-refractivity contribution >= 4 is 17.7 Å². The molecule has 7 atom stereocenters. The summed E-state index contributed by atoms with van der Waals surface area (Å²) in [4.78, 5) is 41.1. The van der Waals surface area contributed by atoms with E-state index in [4.69, 9.17) is 10.5 Å². The van der Waals surface area contributed by atoms with Gasteiger partial charge in [-0.1, -0.05) is 200 Å². The van der Waals surface area contributed by atoms with E-state index < -0.39 is 61.1 Å². The Labute approximate surface area is 361 Å². The molecule has 1 heterocycles. The monoisotopic (exact) mass is 839 g/mol. The van der Waals surface area contributed by atoms with Crippen molar-refractivity contribution in [1.29, 1.82) is 0 Å². The summed E-state index contributed by atoms with van der Waals surface area (Å²) in [5, 5.41) is 37.4. The quantitative estimate of drug-likeness (QED) is 0.0333. The molecule has 1 aliphatic heterocycles. The standard InChI is InChI=1S/C48H94N4O7/c1-5-7-9-11-13-15-17-19-21-23-25-27-29-31-33-35-37-52(42(54)36-34-32-30-28-26-24-22-20-18-16-14-12-10-8-6-2)48-43(45(56)44(55)41(38-53)59-48)51-47(58)40(4)50-46(57)39(3)49/h39-41,43-45,48,53,55-56H,5-38,49H2,1-4H3,(H,50,57)(H,51,58)/t39-,40-,41-,43-,44-,45-,48-/m1/s1. The van der Waals surface area contributed by atoms with Gasteiger partial charge < -0.3 is 41.3 Å². The first-order valence-corrected chi connectivity index (χ1v) is 24.9. The fourth-order valence-corrected chi connectivity index (χ4v) is 8.24. The molecule has 348 valence electrons. The molecule has 1 fully saturated rings. The number of nitrogens with two attached hydrogens (primary N) is 1. The van der Waals surface area contributed by atoms with Crippen LogP contribution in [0.3, 0.4) is 0 Å². The molecule has 1 aliphatic rings. The maximum Gasteiger partial charge on any atom is 0.242 e. The number of hydrogen-bond acceptors (Lipinski definition) is 8. The molecule has 0 aromatic heterocycles. The summed E-state index contributed by atoms with van der Waals surface area (Å²) in [5.74, 6) is -1.25. The smallest absolute Gasteiger partial charge is 0.242 e. The Kier molecular flexibility index (Phi) is 34.5. The topological polar surface area (TPSA) is 174 Å². The summed E-state index contributed by atoms with van der Waals surface area (Å²) >= 11 is 0. The highest BCUT2D eigenvalue weighted by Crippen LogP contribution is 2.26. The third kappa shape index (κ3) is 26.3. The first kappa shape index (κ1) is 55.2. The molecule has 0 bridgehead atoms. The second kappa shape index (κ2) is 36.8. The van der Waals surface area contributed by atoms with Gasteiger partial charge in [0.1, 0.15) is 30.4 Å². The lowest BCUT2D eigenvalue weighted by Gasteiger charge is -2.47. The lowest BCUT2D eigenvalue weighted by molar-refractivity contribution is -0.231. The molecule has 1 saturated heterocycles. The predicted molar refractivity (Wildman–Crippen MR) is 242 cm³/mol. The zero-order chi connectivity index (χ0) is 43.5. The summed E-state index contributed by atoms with van der Waals surface area (Å²) in [7, 11) is 0. The molecule has 1 rings (SSSR count). The van der Waals surface area contributed by atoms with Gasteiger partial charge in [-0.2, -0.15) is 0 Å². The zero-order valence-electron chi connectivity index (χ0n) is 38.6. The van der Waals surface area contributed by atoms with E-state index in [-0.39, 0.29) is 5.91 Å². The SMILES string of the molecule is CCCCCCCCCCCCCCCCCCN(C(=O)CCCCCCCCCCCCCCCCC)[C@@H]1O[C@H](CO)[C@@H](O)[C@H](O)[C@H]1NC(=O)[C@@H](C)NC(=O)[C@@H](C)N. The number of nitrogens with one attached hydrogen (secondary N) is 2. The Hall–Kier alpha value is -1.79. The largest absolute Gasteiger partial charge is 0.394 e. The fraction of sp³-hybridized carbons (Fsp3) is 0.938. The molecule has 11 heteroatoms. The Bertz CT molecular complexity index is 1030. The van der Waals surface area contributed by atoms with Crippen LogP contribution in [0.4, 0.5) is 0 Å². The van der Waals surface area contributed by atoms with Crippen LogP contribution in [0.1, 0.15) is 233 Å². The van der Waals surface area contributed by atoms with Gasteiger partial charge in [0, 0.05) is 13.0 Å². The minimum atomic E-state index is -1.52. The number of unbranched alkanes of at least 4 members (excludes halogenated alkanes) is 29. The van der Waals surface area contributed by atoms with E-state index in [1.165, 1.54) is 162 Å². The van der Waals surface area contributed by atoms with E-state index >= 15 is 0 Å². The van der Waals surface area contributed by atoms with E-state index in [0.717, 1.165) is 51.4 Å². The fourth-order valence-electron chi connectivity index (χ4n) is 8.24. The summed E-state index contributed by atoms with van der Waals surface area (Å²) < 4.78 is 6.15. The van der Waals surface area contributed by atoms with E-state index in [1.54, 1.807) is 4.90 Å². The van der Waals surface area contributed by atoms with Crippen LogP contribution in [0.2, 0.25) is 0 Å². The van der Waals surface area contributed by atoms with E-state index in [0.29, 0.717) is 13.0 Å². The number of aliphatic hydroxyl groups excluding tert-OH is 3. The van der Waals surface area contributed by atoms with Gasteiger partial charge in [-0.25, -0.2) is 0 Å². The summed E-state index contributed by atoms with van der Waals surface area (Å²) in [5.41, 5.74) is 5.68. The van der Waals surface area contributed by atoms with Gasteiger partial charge in [0.2, 0.25) is 17.7 Å². The molecule has 0 aromatic rings. The molecule has 0 unspecified atom stereocenters. The Balaban J connectivity index is 2.70. The van der Waals surface area contributed by atoms with Crippen LogP contribution in [0.5, 0.6) is 0 Å². The van der Waals surface area contributed by atoms with E-state index in [2.05, 4.69) is 24.5 Å².